The number of aromatic nitrogens is 2. The van der Waals surface area contributed by atoms with Crippen molar-refractivity contribution < 1.29 is 0 Å². The molecular weight excluding hydrogens is 210 g/mol. The Labute approximate surface area is 94.0 Å². The number of fused-ring (bicyclic) bond motifs is 1. The van der Waals surface area contributed by atoms with Gasteiger partial charge in [0.25, 0.3) is 0 Å². The lowest BCUT2D eigenvalue weighted by Crippen LogP contribution is -2.05. The Morgan fingerprint density at radius 2 is 2.27 bits per heavy atom. The molecule has 1 N–H and O–H groups in total. The highest BCUT2D eigenvalue weighted by Gasteiger charge is 2.10. The van der Waals surface area contributed by atoms with Crippen molar-refractivity contribution in [2.45, 2.75) is 20.0 Å². The van der Waals surface area contributed by atoms with Crippen LogP contribution in [0.2, 0.25) is 5.15 Å². The molecule has 4 heteroatoms. The van der Waals surface area contributed by atoms with Crippen molar-refractivity contribution in [3.63, 3.8) is 0 Å². The normalized spacial score (nSPS) is 11.1. The smallest absolute Gasteiger partial charge is 0.135 e. The van der Waals surface area contributed by atoms with Crippen LogP contribution in [0, 0.1) is 0 Å². The summed E-state index contributed by atoms with van der Waals surface area (Å²) >= 11 is 6.27. The van der Waals surface area contributed by atoms with Gasteiger partial charge in [-0.3, -0.25) is 4.68 Å². The second-order valence-corrected chi connectivity index (χ2v) is 3.81. The highest BCUT2D eigenvalue weighted by Crippen LogP contribution is 2.26. The number of nitrogens with one attached hydrogen (secondary N) is 1. The molecule has 0 saturated carbocycles. The molecule has 0 aliphatic rings. The summed E-state index contributed by atoms with van der Waals surface area (Å²) in [7, 11) is 1.93. The highest BCUT2D eigenvalue weighted by atomic mass is 35.5. The van der Waals surface area contributed by atoms with Crippen molar-refractivity contribution in [3.05, 3.63) is 28.9 Å². The van der Waals surface area contributed by atoms with Crippen LogP contribution < -0.4 is 5.32 Å². The lowest BCUT2D eigenvalue weighted by molar-refractivity contribution is 0.668. The predicted molar refractivity (Wildman–Crippen MR) is 63.2 cm³/mol. The maximum Gasteiger partial charge on any atom is 0.135 e. The van der Waals surface area contributed by atoms with E-state index in [4.69, 9.17) is 11.6 Å². The van der Waals surface area contributed by atoms with Gasteiger partial charge < -0.3 is 5.32 Å². The fourth-order valence-electron chi connectivity index (χ4n) is 1.76. The largest absolute Gasteiger partial charge is 0.316 e. The third-order valence-corrected chi connectivity index (χ3v) is 2.84. The van der Waals surface area contributed by atoms with Gasteiger partial charge >= 0.3 is 0 Å². The van der Waals surface area contributed by atoms with E-state index >= 15 is 0 Å². The molecule has 0 unspecified atom stereocenters. The molecule has 3 nitrogen and oxygen atoms in total. The van der Waals surface area contributed by atoms with Gasteiger partial charge in [-0.1, -0.05) is 23.7 Å². The average Bonchev–Trinajstić information content (AvgIpc) is 2.57. The van der Waals surface area contributed by atoms with Crippen LogP contribution in [0.1, 0.15) is 12.5 Å². The first-order valence-corrected chi connectivity index (χ1v) is 5.44. The molecule has 80 valence electrons. The lowest BCUT2D eigenvalue weighted by Gasteiger charge is -2.01. The quantitative estimate of drug-likeness (QED) is 0.866. The van der Waals surface area contributed by atoms with Crippen LogP contribution >= 0.6 is 11.6 Å². The van der Waals surface area contributed by atoms with E-state index in [9.17, 15) is 0 Å². The summed E-state index contributed by atoms with van der Waals surface area (Å²) in [6.07, 6.45) is 0. The maximum absolute atomic E-state index is 6.27. The third-order valence-electron chi connectivity index (χ3n) is 2.46. The zero-order valence-electron chi connectivity index (χ0n) is 8.92. The first-order valence-electron chi connectivity index (χ1n) is 5.06. The minimum absolute atomic E-state index is 0.735. The average molecular weight is 224 g/mol. The Balaban J connectivity index is 2.67. The van der Waals surface area contributed by atoms with E-state index in [0.29, 0.717) is 0 Å². The van der Waals surface area contributed by atoms with Crippen LogP contribution in [0.5, 0.6) is 0 Å². The molecule has 0 atom stereocenters. The zero-order valence-corrected chi connectivity index (χ0v) is 9.67. The van der Waals surface area contributed by atoms with Crippen LogP contribution in [0.3, 0.4) is 0 Å². The van der Waals surface area contributed by atoms with Gasteiger partial charge in [0.2, 0.25) is 0 Å². The summed E-state index contributed by atoms with van der Waals surface area (Å²) in [5, 5.41) is 9.37. The van der Waals surface area contributed by atoms with Crippen LogP contribution in [0.4, 0.5) is 0 Å². The molecule has 0 amide bonds. The molecule has 0 fully saturated rings. The monoisotopic (exact) mass is 223 g/mol. The van der Waals surface area contributed by atoms with Gasteiger partial charge in [-0.25, -0.2) is 0 Å². The Morgan fingerprint density at radius 1 is 1.47 bits per heavy atom. The number of hydrogen-bond donors (Lipinski definition) is 1. The number of halogens is 1. The van der Waals surface area contributed by atoms with Crippen molar-refractivity contribution in [2.75, 3.05) is 7.05 Å². The molecule has 0 aliphatic carbocycles. The van der Waals surface area contributed by atoms with Gasteiger partial charge in [0.05, 0.1) is 5.52 Å². The fraction of sp³-hybridized carbons (Fsp3) is 0.364. The molecule has 0 radical (unpaired) electrons. The van der Waals surface area contributed by atoms with Crippen molar-refractivity contribution >= 4 is 22.5 Å². The standard InChI is InChI=1S/C11H14ClN3/c1-3-15-11(12)10-8(7-13-2)5-4-6-9(10)14-15/h4-6,13H,3,7H2,1-2H3. The Bertz CT molecular complexity index is 476. The first-order chi connectivity index (χ1) is 7.27. The molecule has 1 aromatic carbocycles. The minimum atomic E-state index is 0.735. The van der Waals surface area contributed by atoms with Gasteiger partial charge in [0.1, 0.15) is 5.15 Å². The van der Waals surface area contributed by atoms with Crippen molar-refractivity contribution in [1.29, 1.82) is 0 Å². The highest BCUT2D eigenvalue weighted by molar-refractivity contribution is 6.34. The summed E-state index contributed by atoms with van der Waals surface area (Å²) in [6, 6.07) is 6.08. The Kier molecular flexibility index (Phi) is 2.93. The van der Waals surface area contributed by atoms with Gasteiger partial charge in [-0.2, -0.15) is 5.10 Å². The molecule has 2 rings (SSSR count). The van der Waals surface area contributed by atoms with Gasteiger partial charge in [-0.15, -0.1) is 0 Å². The van der Waals surface area contributed by atoms with Crippen LogP contribution in [0.25, 0.3) is 10.9 Å². The van der Waals surface area contributed by atoms with E-state index in [1.165, 1.54) is 5.56 Å². The summed E-state index contributed by atoms with van der Waals surface area (Å²) < 4.78 is 1.82. The fourth-order valence-corrected chi connectivity index (χ4v) is 2.13. The van der Waals surface area contributed by atoms with Crippen LogP contribution in [-0.2, 0) is 13.1 Å². The third kappa shape index (κ3) is 1.73. The van der Waals surface area contributed by atoms with Crippen LogP contribution in [-0.4, -0.2) is 16.8 Å². The van der Waals surface area contributed by atoms with E-state index in [1.54, 1.807) is 0 Å². The number of rotatable bonds is 3. The molecule has 0 spiro atoms. The van der Waals surface area contributed by atoms with E-state index in [0.717, 1.165) is 29.1 Å². The van der Waals surface area contributed by atoms with E-state index in [-0.39, 0.29) is 0 Å². The number of aryl methyl sites for hydroxylation is 1. The second-order valence-electron chi connectivity index (χ2n) is 3.45. The summed E-state index contributed by atoms with van der Waals surface area (Å²) in [5.41, 5.74) is 2.16. The molecule has 1 heterocycles. The van der Waals surface area contributed by atoms with E-state index in [2.05, 4.69) is 16.5 Å². The van der Waals surface area contributed by atoms with E-state index in [1.807, 2.05) is 30.8 Å². The second kappa shape index (κ2) is 4.21. The molecule has 15 heavy (non-hydrogen) atoms. The predicted octanol–water partition coefficient (Wildman–Crippen LogP) is 2.43. The summed E-state index contributed by atoms with van der Waals surface area (Å²) in [6.45, 7) is 3.65. The van der Waals surface area contributed by atoms with E-state index < -0.39 is 0 Å². The molecule has 0 bridgehead atoms. The molecule has 1 aromatic heterocycles. The summed E-state index contributed by atoms with van der Waals surface area (Å²) in [4.78, 5) is 0. The van der Waals surface area contributed by atoms with Crippen molar-refractivity contribution in [1.82, 2.24) is 15.1 Å². The van der Waals surface area contributed by atoms with Gasteiger partial charge in [-0.05, 0) is 25.6 Å². The minimum Gasteiger partial charge on any atom is -0.316 e. The number of nitrogens with zero attached hydrogens (tertiary/aromatic N) is 2. The van der Waals surface area contributed by atoms with Crippen molar-refractivity contribution in [3.8, 4) is 0 Å². The molecular formula is C11H14ClN3. The SMILES string of the molecule is CCn1nc2cccc(CNC)c2c1Cl. The van der Waals surface area contributed by atoms with Gasteiger partial charge in [0.15, 0.2) is 0 Å². The first kappa shape index (κ1) is 10.5. The summed E-state index contributed by atoms with van der Waals surface area (Å²) in [5.74, 6) is 0. The lowest BCUT2D eigenvalue weighted by atomic mass is 10.1. The Morgan fingerprint density at radius 3 is 2.93 bits per heavy atom. The molecule has 0 saturated heterocycles. The van der Waals surface area contributed by atoms with Crippen molar-refractivity contribution in [2.24, 2.45) is 0 Å². The van der Waals surface area contributed by atoms with Crippen LogP contribution in [0.15, 0.2) is 18.2 Å². The number of hydrogen-bond acceptors (Lipinski definition) is 2. The molecule has 0 aliphatic heterocycles. The number of benzene rings is 1. The zero-order chi connectivity index (χ0) is 10.8. The maximum atomic E-state index is 6.27. The van der Waals surface area contributed by atoms with Gasteiger partial charge in [0, 0.05) is 18.5 Å². The molecule has 2 aromatic rings. The Hall–Kier alpha value is -1.06. The topological polar surface area (TPSA) is 29.9 Å².